The smallest absolute Gasteiger partial charge is 0.253 e. The van der Waals surface area contributed by atoms with Crippen LogP contribution in [0.3, 0.4) is 0 Å². The minimum Gasteiger partial charge on any atom is -0.434 e. The summed E-state index contributed by atoms with van der Waals surface area (Å²) in [6.07, 6.45) is 8.03. The number of benzene rings is 2. The fourth-order valence-electron chi connectivity index (χ4n) is 4.12. The van der Waals surface area contributed by atoms with Crippen molar-refractivity contribution in [2.75, 3.05) is 18.4 Å². The van der Waals surface area contributed by atoms with Crippen molar-refractivity contribution in [3.05, 3.63) is 96.5 Å². The lowest BCUT2D eigenvalue weighted by atomic mass is 9.94. The van der Waals surface area contributed by atoms with E-state index in [9.17, 15) is 9.18 Å². The number of amides is 1. The molecule has 5 rings (SSSR count). The Hall–Kier alpha value is -4.40. The number of carbonyl (C=O) groups excluding carboxylic acids is 1. The molecule has 1 atom stereocenters. The Balaban J connectivity index is 1.32. The van der Waals surface area contributed by atoms with Crippen LogP contribution in [-0.4, -0.2) is 43.8 Å². The molecule has 3 heterocycles. The molecule has 0 saturated carbocycles. The lowest BCUT2D eigenvalue weighted by Crippen LogP contribution is -2.39. The Kier molecular flexibility index (Phi) is 6.56. The molecule has 1 unspecified atom stereocenters. The van der Waals surface area contributed by atoms with Gasteiger partial charge in [-0.25, -0.2) is 19.3 Å². The summed E-state index contributed by atoms with van der Waals surface area (Å²) in [7, 11) is 0. The summed E-state index contributed by atoms with van der Waals surface area (Å²) < 4.78 is 19.9. The maximum absolute atomic E-state index is 14.1. The van der Waals surface area contributed by atoms with Crippen molar-refractivity contribution in [2.24, 2.45) is 0 Å². The quantitative estimate of drug-likeness (QED) is 0.426. The number of halogens is 1. The number of nitrogens with zero attached hydrogens (tertiary/aromatic N) is 5. The number of likely N-dealkylation sites (tertiary alicyclic amines) is 1. The highest BCUT2D eigenvalue weighted by molar-refractivity contribution is 5.95. The molecule has 1 aliphatic heterocycles. The van der Waals surface area contributed by atoms with Crippen LogP contribution in [0.15, 0.2) is 79.4 Å². The third-order valence-electron chi connectivity index (χ3n) is 5.76. The Morgan fingerprint density at radius 2 is 1.80 bits per heavy atom. The molecule has 9 heteroatoms. The predicted octanol–water partition coefficient (Wildman–Crippen LogP) is 4.96. The van der Waals surface area contributed by atoms with E-state index in [0.717, 1.165) is 18.5 Å². The van der Waals surface area contributed by atoms with Gasteiger partial charge in [-0.2, -0.15) is 0 Å². The van der Waals surface area contributed by atoms with Crippen molar-refractivity contribution in [2.45, 2.75) is 18.8 Å². The fourth-order valence-corrected chi connectivity index (χ4v) is 4.12. The molecule has 0 aliphatic carbocycles. The maximum atomic E-state index is 14.1. The van der Waals surface area contributed by atoms with Gasteiger partial charge in [0.25, 0.3) is 5.91 Å². The standard InChI is InChI=1S/C26H23FN6O2/c27-21-9-1-2-10-22(21)35-24-23(28-13-14-29-24)19-7-4-15-33(17-19)25(34)18-6-3-8-20(16-18)32-26-30-11-5-12-31-26/h1-3,5-6,8-14,16,19H,4,7,15,17H2,(H,30,31,32). The Labute approximate surface area is 201 Å². The van der Waals surface area contributed by atoms with Crippen molar-refractivity contribution in [1.82, 2.24) is 24.8 Å². The number of aromatic nitrogens is 4. The highest BCUT2D eigenvalue weighted by atomic mass is 19.1. The fraction of sp³-hybridized carbons (Fsp3) is 0.192. The average Bonchev–Trinajstić information content (AvgIpc) is 2.91. The molecule has 1 saturated heterocycles. The number of nitrogens with one attached hydrogen (secondary N) is 1. The van der Waals surface area contributed by atoms with E-state index in [-0.39, 0.29) is 23.5 Å². The van der Waals surface area contributed by atoms with Gasteiger partial charge in [-0.1, -0.05) is 18.2 Å². The normalized spacial score (nSPS) is 15.5. The second-order valence-corrected chi connectivity index (χ2v) is 8.15. The summed E-state index contributed by atoms with van der Waals surface area (Å²) in [6.45, 7) is 1.10. The Bertz CT molecular complexity index is 1320. The van der Waals surface area contributed by atoms with Gasteiger partial charge < -0.3 is 15.0 Å². The van der Waals surface area contributed by atoms with Crippen molar-refractivity contribution in [1.29, 1.82) is 0 Å². The maximum Gasteiger partial charge on any atom is 0.253 e. The predicted molar refractivity (Wildman–Crippen MR) is 128 cm³/mol. The van der Waals surface area contributed by atoms with Gasteiger partial charge in [-0.15, -0.1) is 0 Å². The van der Waals surface area contributed by atoms with Gasteiger partial charge in [-0.3, -0.25) is 9.78 Å². The van der Waals surface area contributed by atoms with E-state index < -0.39 is 5.82 Å². The van der Waals surface area contributed by atoms with E-state index in [1.807, 2.05) is 17.0 Å². The number of para-hydroxylation sites is 1. The summed E-state index contributed by atoms with van der Waals surface area (Å²) in [5.74, 6) is 0.171. The average molecular weight is 471 g/mol. The summed E-state index contributed by atoms with van der Waals surface area (Å²) >= 11 is 0. The first-order valence-electron chi connectivity index (χ1n) is 11.3. The van der Waals surface area contributed by atoms with Crippen molar-refractivity contribution >= 4 is 17.5 Å². The SMILES string of the molecule is O=C(c1cccc(Nc2ncccn2)c1)N1CCCC(c2nccnc2Oc2ccccc2F)C1. The van der Waals surface area contributed by atoms with Gasteiger partial charge in [0.15, 0.2) is 11.6 Å². The van der Waals surface area contributed by atoms with E-state index in [1.54, 1.807) is 55.0 Å². The van der Waals surface area contributed by atoms with Crippen LogP contribution in [0, 0.1) is 5.82 Å². The second-order valence-electron chi connectivity index (χ2n) is 8.15. The lowest BCUT2D eigenvalue weighted by molar-refractivity contribution is 0.0705. The second kappa shape index (κ2) is 10.3. The molecular formula is C26H23FN6O2. The molecule has 2 aromatic carbocycles. The van der Waals surface area contributed by atoms with E-state index in [4.69, 9.17) is 4.74 Å². The van der Waals surface area contributed by atoms with Gasteiger partial charge in [0.1, 0.15) is 5.69 Å². The number of rotatable bonds is 6. The van der Waals surface area contributed by atoms with E-state index >= 15 is 0 Å². The molecule has 1 aliphatic rings. The Morgan fingerprint density at radius 1 is 0.971 bits per heavy atom. The van der Waals surface area contributed by atoms with Crippen LogP contribution in [0.1, 0.15) is 34.8 Å². The number of hydrogen-bond acceptors (Lipinski definition) is 7. The van der Waals surface area contributed by atoms with Crippen LogP contribution >= 0.6 is 0 Å². The molecule has 0 radical (unpaired) electrons. The van der Waals surface area contributed by atoms with Gasteiger partial charge in [0, 0.05) is 55.0 Å². The van der Waals surface area contributed by atoms with Crippen LogP contribution in [-0.2, 0) is 0 Å². The van der Waals surface area contributed by atoms with E-state index in [1.165, 1.54) is 12.3 Å². The minimum atomic E-state index is -0.473. The van der Waals surface area contributed by atoms with E-state index in [2.05, 4.69) is 25.3 Å². The largest absolute Gasteiger partial charge is 0.434 e. The van der Waals surface area contributed by atoms with Crippen LogP contribution in [0.25, 0.3) is 0 Å². The third-order valence-corrected chi connectivity index (χ3v) is 5.76. The van der Waals surface area contributed by atoms with Crippen LogP contribution in [0.2, 0.25) is 0 Å². The van der Waals surface area contributed by atoms with Gasteiger partial charge in [0.05, 0.1) is 0 Å². The molecule has 1 amide bonds. The van der Waals surface area contributed by atoms with E-state index in [0.29, 0.717) is 30.3 Å². The molecule has 8 nitrogen and oxygen atoms in total. The lowest BCUT2D eigenvalue weighted by Gasteiger charge is -2.33. The summed E-state index contributed by atoms with van der Waals surface area (Å²) in [5, 5.41) is 3.11. The highest BCUT2D eigenvalue weighted by Gasteiger charge is 2.29. The number of piperidine rings is 1. The van der Waals surface area contributed by atoms with Gasteiger partial charge in [-0.05, 0) is 49.2 Å². The first kappa shape index (κ1) is 22.4. The number of carbonyl (C=O) groups is 1. The molecular weight excluding hydrogens is 447 g/mol. The third kappa shape index (κ3) is 5.24. The van der Waals surface area contributed by atoms with Crippen LogP contribution in [0.5, 0.6) is 11.6 Å². The number of ether oxygens (including phenoxy) is 1. The molecule has 0 spiro atoms. The molecule has 1 fully saturated rings. The molecule has 176 valence electrons. The topological polar surface area (TPSA) is 93.1 Å². The summed E-state index contributed by atoms with van der Waals surface area (Å²) in [5.41, 5.74) is 1.91. The minimum absolute atomic E-state index is 0.0761. The zero-order chi connectivity index (χ0) is 24.0. The number of hydrogen-bond donors (Lipinski definition) is 1. The van der Waals surface area contributed by atoms with Gasteiger partial charge in [0.2, 0.25) is 11.8 Å². The van der Waals surface area contributed by atoms with Crippen LogP contribution < -0.4 is 10.1 Å². The zero-order valence-electron chi connectivity index (χ0n) is 18.8. The van der Waals surface area contributed by atoms with Crippen molar-refractivity contribution in [3.8, 4) is 11.6 Å². The summed E-state index contributed by atoms with van der Waals surface area (Å²) in [6, 6.07) is 15.2. The molecule has 0 bridgehead atoms. The van der Waals surface area contributed by atoms with Crippen molar-refractivity contribution in [3.63, 3.8) is 0 Å². The number of anilines is 2. The van der Waals surface area contributed by atoms with Crippen molar-refractivity contribution < 1.29 is 13.9 Å². The first-order valence-corrected chi connectivity index (χ1v) is 11.3. The van der Waals surface area contributed by atoms with Gasteiger partial charge >= 0.3 is 0 Å². The first-order chi connectivity index (χ1) is 17.2. The molecule has 1 N–H and O–H groups in total. The zero-order valence-corrected chi connectivity index (χ0v) is 18.8. The molecule has 2 aromatic heterocycles. The Morgan fingerprint density at radius 3 is 2.66 bits per heavy atom. The molecule has 35 heavy (non-hydrogen) atoms. The molecule has 4 aromatic rings. The van der Waals surface area contributed by atoms with Crippen LogP contribution in [0.4, 0.5) is 16.0 Å². The highest BCUT2D eigenvalue weighted by Crippen LogP contribution is 2.33. The monoisotopic (exact) mass is 470 g/mol. The summed E-state index contributed by atoms with van der Waals surface area (Å²) in [4.78, 5) is 32.3.